The molecule has 0 heterocycles. The van der Waals surface area contributed by atoms with Gasteiger partial charge in [0, 0.05) is 64.2 Å². The van der Waals surface area contributed by atoms with Gasteiger partial charge in [0.1, 0.15) is 11.5 Å². The molecule has 0 aliphatic heterocycles. The van der Waals surface area contributed by atoms with Gasteiger partial charge in [0.25, 0.3) is 5.69 Å². The standard InChI is InChI=1S/C25H28S.C17H27N3O4.C11H22O.C10H24N2.C2H8N2/c1-2-3-4-14-21-26-25(22-15-8-5-9-16-22,23-17-10-6-11-18-23)24-19-12-7-13-20-24;1-3-4-5-6-7-13-19(2)14-12-18-17(21)24-16-10-8-15(9-11-16)20(22)23;1-3-5-7-8-10-11(12)9-6-4-2;1-3-4-5-6-7-9-12(2)10-8-11;3-1-2-4/h5-13,15-20H,2-4,14,21H2,1H3;8-11H,3-7,12-14H2,1-2H3,(H,18,21);3-10H2,1-2H3;3-11H2,1-2H3;1-4H2. The number of nitro groups is 1. The Bertz CT molecular complexity index is 1870. The largest absolute Gasteiger partial charge is 0.412 e. The third-order valence-corrected chi connectivity index (χ3v) is 14.6. The molecule has 12 nitrogen and oxygen atoms in total. The van der Waals surface area contributed by atoms with Crippen LogP contribution in [0.4, 0.5) is 10.5 Å². The molecule has 1 amide bonds. The molecule has 78 heavy (non-hydrogen) atoms. The first-order valence-electron chi connectivity index (χ1n) is 29.9. The monoisotopic (exact) mass is 1100 g/mol. The fraction of sp³-hybridized carbons (Fsp3) is 0.600. The minimum Gasteiger partial charge on any atom is -0.410 e. The average Bonchev–Trinajstić information content (AvgIpc) is 3.55. The molecule has 440 valence electrons. The molecule has 13 heteroatoms. The lowest BCUT2D eigenvalue weighted by Gasteiger charge is -2.35. The molecule has 4 rings (SSSR count). The molecule has 4 aromatic carbocycles. The summed E-state index contributed by atoms with van der Waals surface area (Å²) in [4.78, 5) is 37.4. The summed E-state index contributed by atoms with van der Waals surface area (Å²) in [6.45, 7) is 17.5. The minimum atomic E-state index is -0.555. The number of nitrogens with two attached hydrogens (primary N) is 3. The molecule has 0 saturated carbocycles. The van der Waals surface area contributed by atoms with Crippen molar-refractivity contribution in [3.63, 3.8) is 0 Å². The molecule has 0 radical (unpaired) electrons. The van der Waals surface area contributed by atoms with E-state index in [0.717, 1.165) is 58.3 Å². The number of nitrogens with zero attached hydrogens (tertiary/aromatic N) is 3. The Labute approximate surface area is 479 Å². The quantitative estimate of drug-likeness (QED) is 0.0146. The maximum absolute atomic E-state index is 11.7. The molecule has 4 aromatic rings. The Balaban J connectivity index is 0.00000104. The van der Waals surface area contributed by atoms with E-state index in [1.54, 1.807) is 0 Å². The molecule has 0 fully saturated rings. The summed E-state index contributed by atoms with van der Waals surface area (Å²) in [6.07, 6.45) is 26.4. The minimum absolute atomic E-state index is 0.0386. The number of carbonyl (C=O) groups excluding carboxylic acids is 2. The van der Waals surface area contributed by atoms with Gasteiger partial charge in [0.2, 0.25) is 0 Å². The van der Waals surface area contributed by atoms with E-state index < -0.39 is 11.0 Å². The summed E-state index contributed by atoms with van der Waals surface area (Å²) >= 11 is 2.08. The van der Waals surface area contributed by atoms with Crippen LogP contribution in [0.5, 0.6) is 5.75 Å². The normalized spacial score (nSPS) is 10.7. The molecule has 0 saturated heterocycles. The zero-order valence-corrected chi connectivity index (χ0v) is 50.7. The predicted molar refractivity (Wildman–Crippen MR) is 336 cm³/mol. The van der Waals surface area contributed by atoms with Crippen molar-refractivity contribution in [2.45, 2.75) is 181 Å². The fourth-order valence-electron chi connectivity index (χ4n) is 8.31. The molecule has 0 aliphatic rings. The SMILES string of the molecule is CCCCCCC(=O)CCCC.CCCCCCCN(C)CCN.CCCCCCCN(C)CCNC(=O)Oc1ccc([N+](=O)[O-])cc1.CCCCCCSC(c1ccccc1)(c1ccccc1)c1ccccc1.NCCN. The first kappa shape index (κ1) is 73.4. The zero-order chi connectivity index (χ0) is 57.8. The second-order valence-corrected chi connectivity index (χ2v) is 21.3. The van der Waals surface area contributed by atoms with E-state index in [1.165, 1.54) is 162 Å². The van der Waals surface area contributed by atoms with Crippen molar-refractivity contribution < 1.29 is 19.2 Å². The lowest BCUT2D eigenvalue weighted by Crippen LogP contribution is -2.35. The Morgan fingerprint density at radius 1 is 0.513 bits per heavy atom. The van der Waals surface area contributed by atoms with Gasteiger partial charge in [-0.2, -0.15) is 0 Å². The number of unbranched alkanes of at least 4 members (excludes halogenated alkanes) is 15. The van der Waals surface area contributed by atoms with Crippen molar-refractivity contribution in [1.82, 2.24) is 15.1 Å². The Kier molecular flexibility index (Phi) is 48.7. The van der Waals surface area contributed by atoms with Crippen LogP contribution in [0.15, 0.2) is 115 Å². The highest BCUT2D eigenvalue weighted by atomic mass is 32.2. The number of non-ortho nitro benzene ring substituents is 1. The van der Waals surface area contributed by atoms with Crippen LogP contribution in [-0.4, -0.2) is 98.8 Å². The average molecular weight is 1100 g/mol. The number of hydrogen-bond donors (Lipinski definition) is 4. The second kappa shape index (κ2) is 51.8. The van der Waals surface area contributed by atoms with E-state index in [1.807, 2.05) is 7.05 Å². The van der Waals surface area contributed by atoms with Crippen LogP contribution in [0.2, 0.25) is 0 Å². The second-order valence-electron chi connectivity index (χ2n) is 20.0. The maximum Gasteiger partial charge on any atom is 0.412 e. The number of likely N-dealkylation sites (N-methyl/N-ethyl adjacent to an activating group) is 2. The highest BCUT2D eigenvalue weighted by molar-refractivity contribution is 8.00. The number of rotatable bonds is 37. The number of hydrogen-bond acceptors (Lipinski definition) is 11. The number of nitrogens with one attached hydrogen (secondary N) is 1. The number of amides is 1. The lowest BCUT2D eigenvalue weighted by atomic mass is 9.84. The number of nitro benzene ring substituents is 1. The summed E-state index contributed by atoms with van der Waals surface area (Å²) in [7, 11) is 4.18. The molecule has 0 spiro atoms. The van der Waals surface area contributed by atoms with Crippen LogP contribution < -0.4 is 27.3 Å². The Morgan fingerprint density at radius 2 is 0.910 bits per heavy atom. The first-order chi connectivity index (χ1) is 37.9. The van der Waals surface area contributed by atoms with Crippen molar-refractivity contribution in [1.29, 1.82) is 0 Å². The third-order valence-electron chi connectivity index (χ3n) is 13.0. The molecular formula is C65H109N7O5S. The number of Topliss-reactive ketones (excluding diaryl/α,β-unsaturated/α-hetero) is 1. The summed E-state index contributed by atoms with van der Waals surface area (Å²) in [6, 6.07) is 38.4. The predicted octanol–water partition coefficient (Wildman–Crippen LogP) is 15.3. The summed E-state index contributed by atoms with van der Waals surface area (Å²) in [5, 5.41) is 13.2. The van der Waals surface area contributed by atoms with Crippen LogP contribution >= 0.6 is 11.8 Å². The van der Waals surface area contributed by atoms with Gasteiger partial charge in [-0.1, -0.05) is 222 Å². The molecule has 0 atom stereocenters. The molecule has 7 N–H and O–H groups in total. The van der Waals surface area contributed by atoms with E-state index in [-0.39, 0.29) is 16.2 Å². The number of thioether (sulfide) groups is 1. The first-order valence-corrected chi connectivity index (χ1v) is 30.9. The van der Waals surface area contributed by atoms with Crippen molar-refractivity contribution in [2.24, 2.45) is 17.2 Å². The van der Waals surface area contributed by atoms with Gasteiger partial charge in [-0.25, -0.2) is 4.79 Å². The number of ether oxygens (including phenoxy) is 1. The number of ketones is 1. The number of carbonyl (C=O) groups is 2. The van der Waals surface area contributed by atoms with Crippen LogP contribution in [-0.2, 0) is 9.54 Å². The van der Waals surface area contributed by atoms with E-state index in [2.05, 4.69) is 160 Å². The van der Waals surface area contributed by atoms with E-state index >= 15 is 0 Å². The van der Waals surface area contributed by atoms with Gasteiger partial charge < -0.3 is 37.1 Å². The summed E-state index contributed by atoms with van der Waals surface area (Å²) in [5.74, 6) is 1.91. The Morgan fingerprint density at radius 3 is 1.32 bits per heavy atom. The third kappa shape index (κ3) is 37.3. The van der Waals surface area contributed by atoms with Crippen LogP contribution in [0.25, 0.3) is 0 Å². The molecule has 0 aromatic heterocycles. The van der Waals surface area contributed by atoms with E-state index in [4.69, 9.17) is 21.9 Å². The van der Waals surface area contributed by atoms with Crippen molar-refractivity contribution >= 4 is 29.3 Å². The molecule has 0 aliphatic carbocycles. The van der Waals surface area contributed by atoms with Gasteiger partial charge in [-0.15, -0.1) is 11.8 Å². The maximum atomic E-state index is 11.7. The lowest BCUT2D eigenvalue weighted by molar-refractivity contribution is -0.384. The fourth-order valence-corrected chi connectivity index (χ4v) is 9.88. The van der Waals surface area contributed by atoms with Gasteiger partial charge in [-0.3, -0.25) is 14.9 Å². The summed E-state index contributed by atoms with van der Waals surface area (Å²) in [5.41, 5.74) is 19.3. The van der Waals surface area contributed by atoms with E-state index in [9.17, 15) is 19.7 Å². The highest BCUT2D eigenvalue weighted by Gasteiger charge is 2.36. The Hall–Kier alpha value is -4.63. The van der Waals surface area contributed by atoms with Gasteiger partial charge in [0.05, 0.1) is 9.67 Å². The highest BCUT2D eigenvalue weighted by Crippen LogP contribution is 2.48. The van der Waals surface area contributed by atoms with Gasteiger partial charge in [0.15, 0.2) is 0 Å². The van der Waals surface area contributed by atoms with Crippen molar-refractivity contribution in [3.8, 4) is 5.75 Å². The van der Waals surface area contributed by atoms with Gasteiger partial charge in [-0.05, 0) is 93.9 Å². The smallest absolute Gasteiger partial charge is 0.410 e. The molecule has 0 unspecified atom stereocenters. The number of benzene rings is 4. The van der Waals surface area contributed by atoms with E-state index in [0.29, 0.717) is 25.4 Å². The molecule has 0 bridgehead atoms. The van der Waals surface area contributed by atoms with Crippen molar-refractivity contribution in [3.05, 3.63) is 142 Å². The van der Waals surface area contributed by atoms with Crippen LogP contribution in [0.1, 0.15) is 193 Å². The summed E-state index contributed by atoms with van der Waals surface area (Å²) < 4.78 is 4.91. The zero-order valence-electron chi connectivity index (χ0n) is 49.9. The van der Waals surface area contributed by atoms with Crippen LogP contribution in [0, 0.1) is 10.1 Å². The van der Waals surface area contributed by atoms with Crippen molar-refractivity contribution in [2.75, 3.05) is 72.2 Å². The topological polar surface area (TPSA) is 183 Å². The molecular weight excluding hydrogens is 991 g/mol. The van der Waals surface area contributed by atoms with Crippen LogP contribution in [0.3, 0.4) is 0 Å². The van der Waals surface area contributed by atoms with Gasteiger partial charge >= 0.3 is 6.09 Å².